The van der Waals surface area contributed by atoms with Gasteiger partial charge in [-0.15, -0.1) is 0 Å². The van der Waals surface area contributed by atoms with Gasteiger partial charge in [-0.1, -0.05) is 22.9 Å². The Morgan fingerprint density at radius 3 is 2.67 bits per heavy atom. The van der Waals surface area contributed by atoms with Gasteiger partial charge in [0.15, 0.2) is 0 Å². The van der Waals surface area contributed by atoms with Crippen LogP contribution in [0.25, 0.3) is 0 Å². The molecule has 3 heteroatoms. The second-order valence-corrected chi connectivity index (χ2v) is 6.05. The van der Waals surface area contributed by atoms with Crippen molar-refractivity contribution in [2.45, 2.75) is 32.6 Å². The van der Waals surface area contributed by atoms with E-state index in [0.717, 1.165) is 43.0 Å². The first kappa shape index (κ1) is 11.4. The highest BCUT2D eigenvalue weighted by atomic mass is 79.9. The Morgan fingerprint density at radius 2 is 2.07 bits per heavy atom. The fraction of sp³-hybridized carbons (Fsp3) is 0.917. The van der Waals surface area contributed by atoms with E-state index >= 15 is 0 Å². The third-order valence-electron chi connectivity index (χ3n) is 3.84. The van der Waals surface area contributed by atoms with E-state index in [9.17, 15) is 4.79 Å². The van der Waals surface area contributed by atoms with Gasteiger partial charge in [-0.2, -0.15) is 0 Å². The van der Waals surface area contributed by atoms with Gasteiger partial charge < -0.3 is 5.32 Å². The average Bonchev–Trinajstić information content (AvgIpc) is 2.83. The molecule has 1 N–H and O–H groups in total. The summed E-state index contributed by atoms with van der Waals surface area (Å²) in [7, 11) is 0. The Bertz CT molecular complexity index is 234. The molecule has 0 radical (unpaired) electrons. The molecule has 0 heterocycles. The third kappa shape index (κ3) is 2.96. The number of amides is 1. The Morgan fingerprint density at radius 1 is 1.40 bits per heavy atom. The minimum Gasteiger partial charge on any atom is -0.356 e. The maximum Gasteiger partial charge on any atom is 0.223 e. The predicted molar refractivity (Wildman–Crippen MR) is 64.9 cm³/mol. The van der Waals surface area contributed by atoms with Crippen molar-refractivity contribution in [2.24, 2.45) is 23.7 Å². The molecule has 3 atom stereocenters. The van der Waals surface area contributed by atoms with Crippen LogP contribution >= 0.6 is 15.9 Å². The molecular weight excluding hydrogens is 254 g/mol. The van der Waals surface area contributed by atoms with Crippen molar-refractivity contribution in [3.8, 4) is 0 Å². The van der Waals surface area contributed by atoms with Crippen molar-refractivity contribution in [1.29, 1.82) is 0 Å². The van der Waals surface area contributed by atoms with Crippen LogP contribution in [0.1, 0.15) is 32.6 Å². The van der Waals surface area contributed by atoms with E-state index in [1.165, 1.54) is 6.42 Å². The molecule has 0 saturated heterocycles. The van der Waals surface area contributed by atoms with Gasteiger partial charge in [0.25, 0.3) is 0 Å². The highest BCUT2D eigenvalue weighted by Gasteiger charge is 2.47. The Hall–Kier alpha value is -0.0500. The van der Waals surface area contributed by atoms with Crippen LogP contribution in [0.4, 0.5) is 0 Å². The lowest BCUT2D eigenvalue weighted by atomic mass is 10.0. The maximum absolute atomic E-state index is 11.8. The highest BCUT2D eigenvalue weighted by molar-refractivity contribution is 9.09. The van der Waals surface area contributed by atoms with Gasteiger partial charge in [-0.3, -0.25) is 4.79 Å². The normalized spacial score (nSPS) is 34.7. The van der Waals surface area contributed by atoms with Crippen molar-refractivity contribution in [3.63, 3.8) is 0 Å². The molecule has 3 unspecified atom stereocenters. The van der Waals surface area contributed by atoms with Gasteiger partial charge >= 0.3 is 0 Å². The van der Waals surface area contributed by atoms with E-state index in [0.29, 0.717) is 17.7 Å². The molecule has 2 aliphatic carbocycles. The lowest BCUT2D eigenvalue weighted by molar-refractivity contribution is -0.125. The highest BCUT2D eigenvalue weighted by Crippen LogP contribution is 2.54. The van der Waals surface area contributed by atoms with Crippen LogP contribution in [0.5, 0.6) is 0 Å². The number of hydrogen-bond acceptors (Lipinski definition) is 1. The fourth-order valence-electron chi connectivity index (χ4n) is 2.64. The first-order valence-corrected chi connectivity index (χ1v) is 7.16. The van der Waals surface area contributed by atoms with Crippen molar-refractivity contribution in [1.82, 2.24) is 5.32 Å². The van der Waals surface area contributed by atoms with Crippen LogP contribution in [0.2, 0.25) is 0 Å². The van der Waals surface area contributed by atoms with Crippen LogP contribution in [-0.4, -0.2) is 17.8 Å². The van der Waals surface area contributed by atoms with Gasteiger partial charge in [-0.05, 0) is 43.4 Å². The molecule has 0 aromatic rings. The molecule has 15 heavy (non-hydrogen) atoms. The molecule has 0 spiro atoms. The Labute approximate surface area is 100 Å². The second-order valence-electron chi connectivity index (χ2n) is 5.25. The largest absolute Gasteiger partial charge is 0.356 e. The molecule has 2 nitrogen and oxygen atoms in total. The minimum atomic E-state index is 0.309. The number of rotatable bonds is 5. The Balaban J connectivity index is 1.64. The molecule has 2 rings (SSSR count). The topological polar surface area (TPSA) is 29.1 Å². The first-order valence-electron chi connectivity index (χ1n) is 6.04. The van der Waals surface area contributed by atoms with Gasteiger partial charge in [-0.25, -0.2) is 0 Å². The van der Waals surface area contributed by atoms with Crippen LogP contribution in [0.3, 0.4) is 0 Å². The summed E-state index contributed by atoms with van der Waals surface area (Å²) < 4.78 is 0. The Kier molecular flexibility index (Phi) is 3.70. The molecule has 2 aliphatic rings. The molecular formula is C12H20BrNO. The standard InChI is InChI=1S/C12H20BrNO/c1-8(2-3-13)7-14-12(15)11-5-9-4-10(9)6-11/h8-11H,2-7H2,1H3,(H,14,15). The summed E-state index contributed by atoms with van der Waals surface area (Å²) >= 11 is 3.42. The van der Waals surface area contributed by atoms with E-state index < -0.39 is 0 Å². The van der Waals surface area contributed by atoms with E-state index in [2.05, 4.69) is 28.2 Å². The maximum atomic E-state index is 11.8. The van der Waals surface area contributed by atoms with E-state index in [1.807, 2.05) is 0 Å². The monoisotopic (exact) mass is 273 g/mol. The molecule has 0 bridgehead atoms. The van der Waals surface area contributed by atoms with Gasteiger partial charge in [0.1, 0.15) is 0 Å². The number of halogens is 1. The smallest absolute Gasteiger partial charge is 0.223 e. The summed E-state index contributed by atoms with van der Waals surface area (Å²) in [5, 5.41) is 4.12. The van der Waals surface area contributed by atoms with Gasteiger partial charge in [0.2, 0.25) is 5.91 Å². The first-order chi connectivity index (χ1) is 7.20. The zero-order valence-corrected chi connectivity index (χ0v) is 10.9. The van der Waals surface area contributed by atoms with E-state index in [1.54, 1.807) is 0 Å². The number of alkyl halides is 1. The fourth-order valence-corrected chi connectivity index (χ4v) is 3.42. The lowest BCUT2D eigenvalue weighted by Crippen LogP contribution is -2.33. The number of nitrogens with one attached hydrogen (secondary N) is 1. The zero-order chi connectivity index (χ0) is 10.8. The number of fused-ring (bicyclic) bond motifs is 1. The van der Waals surface area contributed by atoms with Gasteiger partial charge in [0, 0.05) is 17.8 Å². The molecule has 0 aromatic carbocycles. The summed E-state index contributed by atoms with van der Waals surface area (Å²) in [4.78, 5) is 11.8. The second kappa shape index (κ2) is 4.86. The van der Waals surface area contributed by atoms with Crippen molar-refractivity contribution >= 4 is 21.8 Å². The molecule has 1 amide bonds. The molecule has 2 saturated carbocycles. The average molecular weight is 274 g/mol. The summed E-state index contributed by atoms with van der Waals surface area (Å²) in [5.74, 6) is 3.04. The number of hydrogen-bond donors (Lipinski definition) is 1. The summed E-state index contributed by atoms with van der Waals surface area (Å²) in [6, 6.07) is 0. The van der Waals surface area contributed by atoms with Crippen LogP contribution < -0.4 is 5.32 Å². The quantitative estimate of drug-likeness (QED) is 0.767. The van der Waals surface area contributed by atoms with Crippen LogP contribution in [-0.2, 0) is 4.79 Å². The van der Waals surface area contributed by atoms with Crippen LogP contribution in [0, 0.1) is 23.7 Å². The van der Waals surface area contributed by atoms with Gasteiger partial charge in [0.05, 0.1) is 0 Å². The van der Waals surface area contributed by atoms with Crippen molar-refractivity contribution in [3.05, 3.63) is 0 Å². The predicted octanol–water partition coefficient (Wildman–Crippen LogP) is 2.57. The van der Waals surface area contributed by atoms with Crippen molar-refractivity contribution < 1.29 is 4.79 Å². The zero-order valence-electron chi connectivity index (χ0n) is 9.34. The molecule has 0 aromatic heterocycles. The van der Waals surface area contributed by atoms with Crippen molar-refractivity contribution in [2.75, 3.05) is 11.9 Å². The summed E-state index contributed by atoms with van der Waals surface area (Å²) in [6.45, 7) is 3.03. The van der Waals surface area contributed by atoms with Crippen LogP contribution in [0.15, 0.2) is 0 Å². The summed E-state index contributed by atoms with van der Waals surface area (Å²) in [6.07, 6.45) is 4.84. The minimum absolute atomic E-state index is 0.309. The van der Waals surface area contributed by atoms with E-state index in [-0.39, 0.29) is 0 Å². The molecule has 0 aliphatic heterocycles. The van der Waals surface area contributed by atoms with E-state index in [4.69, 9.17) is 0 Å². The summed E-state index contributed by atoms with van der Waals surface area (Å²) in [5.41, 5.74) is 0. The lowest BCUT2D eigenvalue weighted by Gasteiger charge is -2.15. The molecule has 86 valence electrons. The SMILES string of the molecule is CC(CCBr)CNC(=O)C1CC2CC2C1. The number of carbonyl (C=O) groups excluding carboxylic acids is 1. The number of carbonyl (C=O) groups is 1. The molecule has 2 fully saturated rings. The third-order valence-corrected chi connectivity index (χ3v) is 4.30.